The summed E-state index contributed by atoms with van der Waals surface area (Å²) < 4.78 is 14.6. The van der Waals surface area contributed by atoms with Crippen LogP contribution in [0, 0.1) is 5.82 Å². The summed E-state index contributed by atoms with van der Waals surface area (Å²) in [6.07, 6.45) is -2.17. The van der Waals surface area contributed by atoms with Gasteiger partial charge >= 0.3 is 0 Å². The molecular formula is C10H10Br2ClFO2. The van der Waals surface area contributed by atoms with Gasteiger partial charge in [-0.25, -0.2) is 4.39 Å². The van der Waals surface area contributed by atoms with Crippen molar-refractivity contribution in [2.75, 3.05) is 5.88 Å². The summed E-state index contributed by atoms with van der Waals surface area (Å²) >= 11 is 11.7. The molecule has 0 bridgehead atoms. The lowest BCUT2D eigenvalue weighted by atomic mass is 10.0. The Bertz CT molecular complexity index is 353. The molecule has 90 valence electrons. The predicted octanol–water partition coefficient (Wildman–Crippen LogP) is 3.37. The van der Waals surface area contributed by atoms with Gasteiger partial charge in [0.15, 0.2) is 0 Å². The first-order valence-electron chi connectivity index (χ1n) is 4.54. The fraction of sp³-hybridized carbons (Fsp3) is 0.400. The molecule has 1 rings (SSSR count). The minimum Gasteiger partial charge on any atom is -0.390 e. The van der Waals surface area contributed by atoms with E-state index in [9.17, 15) is 14.6 Å². The van der Waals surface area contributed by atoms with E-state index in [2.05, 4.69) is 31.9 Å². The monoisotopic (exact) mass is 374 g/mol. The van der Waals surface area contributed by atoms with E-state index in [0.29, 0.717) is 8.95 Å². The van der Waals surface area contributed by atoms with Crippen molar-refractivity contribution in [1.82, 2.24) is 0 Å². The van der Waals surface area contributed by atoms with Crippen molar-refractivity contribution < 1.29 is 14.6 Å². The minimum atomic E-state index is -1.29. The van der Waals surface area contributed by atoms with Crippen LogP contribution in [0.3, 0.4) is 0 Å². The zero-order valence-electron chi connectivity index (χ0n) is 8.13. The largest absolute Gasteiger partial charge is 0.390 e. The third kappa shape index (κ3) is 3.40. The van der Waals surface area contributed by atoms with E-state index < -0.39 is 18.0 Å². The molecule has 2 nitrogen and oxygen atoms in total. The van der Waals surface area contributed by atoms with Crippen molar-refractivity contribution in [3.05, 3.63) is 32.5 Å². The van der Waals surface area contributed by atoms with Gasteiger partial charge in [0.1, 0.15) is 11.9 Å². The van der Waals surface area contributed by atoms with Crippen LogP contribution >= 0.6 is 43.5 Å². The first kappa shape index (κ1) is 14.4. The van der Waals surface area contributed by atoms with Gasteiger partial charge in [-0.3, -0.25) is 0 Å². The molecule has 0 aromatic heterocycles. The molecule has 0 radical (unpaired) electrons. The van der Waals surface area contributed by atoms with E-state index in [4.69, 9.17) is 11.6 Å². The van der Waals surface area contributed by atoms with E-state index in [1.807, 2.05) is 0 Å². The molecule has 0 saturated carbocycles. The molecule has 0 spiro atoms. The van der Waals surface area contributed by atoms with Crippen molar-refractivity contribution in [3.8, 4) is 0 Å². The third-order valence-corrected chi connectivity index (χ3v) is 3.44. The van der Waals surface area contributed by atoms with Gasteiger partial charge in [-0.05, 0) is 18.6 Å². The van der Waals surface area contributed by atoms with Gasteiger partial charge in [0.05, 0.1) is 6.10 Å². The molecule has 0 saturated heterocycles. The number of benzene rings is 1. The summed E-state index contributed by atoms with van der Waals surface area (Å²) in [6, 6.07) is 2.84. The number of aliphatic hydroxyl groups excluding tert-OH is 2. The lowest BCUT2D eigenvalue weighted by Crippen LogP contribution is -2.20. The van der Waals surface area contributed by atoms with Crippen molar-refractivity contribution in [3.63, 3.8) is 0 Å². The van der Waals surface area contributed by atoms with Gasteiger partial charge in [0.25, 0.3) is 0 Å². The van der Waals surface area contributed by atoms with Gasteiger partial charge in [0, 0.05) is 20.4 Å². The molecule has 1 aromatic carbocycles. The van der Waals surface area contributed by atoms with E-state index in [1.165, 1.54) is 6.07 Å². The van der Waals surface area contributed by atoms with Gasteiger partial charge in [0.2, 0.25) is 0 Å². The first-order chi connectivity index (χ1) is 7.47. The summed E-state index contributed by atoms with van der Waals surface area (Å²) in [5.41, 5.74) is 0.0424. The number of hydrogen-bond donors (Lipinski definition) is 2. The summed E-state index contributed by atoms with van der Waals surface area (Å²) in [5, 5.41) is 19.3. The Morgan fingerprint density at radius 2 is 1.94 bits per heavy atom. The molecule has 2 unspecified atom stereocenters. The maximum Gasteiger partial charge on any atom is 0.131 e. The quantitative estimate of drug-likeness (QED) is 0.791. The highest BCUT2D eigenvalue weighted by atomic mass is 79.9. The topological polar surface area (TPSA) is 40.5 Å². The second-order valence-electron chi connectivity index (χ2n) is 3.27. The molecule has 0 amide bonds. The Labute approximate surface area is 115 Å². The fourth-order valence-electron chi connectivity index (χ4n) is 1.30. The molecule has 0 heterocycles. The van der Waals surface area contributed by atoms with Crippen LogP contribution in [0.5, 0.6) is 0 Å². The van der Waals surface area contributed by atoms with E-state index in [-0.39, 0.29) is 17.9 Å². The Balaban J connectivity index is 3.03. The van der Waals surface area contributed by atoms with Crippen molar-refractivity contribution in [2.24, 2.45) is 0 Å². The van der Waals surface area contributed by atoms with Crippen molar-refractivity contribution in [1.29, 1.82) is 0 Å². The summed E-state index contributed by atoms with van der Waals surface area (Å²) in [4.78, 5) is 0. The molecule has 0 aliphatic heterocycles. The van der Waals surface area contributed by atoms with E-state index >= 15 is 0 Å². The third-order valence-electron chi connectivity index (χ3n) is 2.11. The number of hydrogen-bond acceptors (Lipinski definition) is 2. The maximum absolute atomic E-state index is 13.6. The highest BCUT2D eigenvalue weighted by Crippen LogP contribution is 2.32. The summed E-state index contributed by atoms with van der Waals surface area (Å²) in [7, 11) is 0. The van der Waals surface area contributed by atoms with Crippen molar-refractivity contribution >= 4 is 43.5 Å². The highest BCUT2D eigenvalue weighted by molar-refractivity contribution is 9.11. The van der Waals surface area contributed by atoms with Gasteiger partial charge in [-0.2, -0.15) is 0 Å². The zero-order valence-corrected chi connectivity index (χ0v) is 12.1. The molecule has 0 aliphatic carbocycles. The Kier molecular flexibility index (Phi) is 5.67. The lowest BCUT2D eigenvalue weighted by Gasteiger charge is -2.19. The molecule has 2 atom stereocenters. The van der Waals surface area contributed by atoms with Crippen LogP contribution in [0.4, 0.5) is 4.39 Å². The first-order valence-corrected chi connectivity index (χ1v) is 6.66. The van der Waals surface area contributed by atoms with Crippen LogP contribution in [0.1, 0.15) is 18.1 Å². The Morgan fingerprint density at radius 1 is 1.31 bits per heavy atom. The Morgan fingerprint density at radius 3 is 2.44 bits per heavy atom. The number of alkyl halides is 1. The molecule has 0 aliphatic rings. The maximum atomic E-state index is 13.6. The lowest BCUT2D eigenvalue weighted by molar-refractivity contribution is 0.0144. The summed E-state index contributed by atoms with van der Waals surface area (Å²) in [6.45, 7) is 0. The minimum absolute atomic E-state index is 0.0424. The van der Waals surface area contributed by atoms with Crippen LogP contribution < -0.4 is 0 Å². The number of aliphatic hydroxyl groups is 2. The summed E-state index contributed by atoms with van der Waals surface area (Å²) in [5.74, 6) is -0.379. The predicted molar refractivity (Wildman–Crippen MR) is 68.1 cm³/mol. The number of halogens is 4. The zero-order chi connectivity index (χ0) is 12.3. The van der Waals surface area contributed by atoms with Crippen LogP contribution in [0.2, 0.25) is 0 Å². The average Bonchev–Trinajstić information content (AvgIpc) is 2.16. The molecular weight excluding hydrogens is 366 g/mol. The molecule has 2 N–H and O–H groups in total. The standard InChI is InChI=1S/C10H10Br2ClFO2/c11-5-3-6(12)9(7(14)4-5)10(16)8(15)1-2-13/h3-4,8,10,15-16H,1-2H2. The van der Waals surface area contributed by atoms with Crippen LogP contribution in [0.25, 0.3) is 0 Å². The van der Waals surface area contributed by atoms with E-state index in [0.717, 1.165) is 0 Å². The van der Waals surface area contributed by atoms with E-state index in [1.54, 1.807) is 6.07 Å². The van der Waals surface area contributed by atoms with Gasteiger partial charge in [-0.15, -0.1) is 11.6 Å². The Hall–Kier alpha value is 0.320. The SMILES string of the molecule is OC(CCCl)C(O)c1c(F)cc(Br)cc1Br. The fourth-order valence-corrected chi connectivity index (χ4v) is 2.93. The van der Waals surface area contributed by atoms with Crippen LogP contribution in [-0.2, 0) is 0 Å². The second kappa shape index (κ2) is 6.31. The van der Waals surface area contributed by atoms with Crippen molar-refractivity contribution in [2.45, 2.75) is 18.6 Å². The smallest absolute Gasteiger partial charge is 0.131 e. The molecule has 6 heteroatoms. The normalized spacial score (nSPS) is 14.9. The van der Waals surface area contributed by atoms with Gasteiger partial charge < -0.3 is 10.2 Å². The number of rotatable bonds is 4. The molecule has 0 fully saturated rings. The average molecular weight is 376 g/mol. The molecule has 1 aromatic rings. The van der Waals surface area contributed by atoms with Gasteiger partial charge in [-0.1, -0.05) is 31.9 Å². The highest BCUT2D eigenvalue weighted by Gasteiger charge is 2.23. The second-order valence-corrected chi connectivity index (χ2v) is 5.42. The van der Waals surface area contributed by atoms with Crippen LogP contribution in [0.15, 0.2) is 21.1 Å². The van der Waals surface area contributed by atoms with Crippen LogP contribution in [-0.4, -0.2) is 22.2 Å². The molecule has 16 heavy (non-hydrogen) atoms.